The van der Waals surface area contributed by atoms with Crippen molar-refractivity contribution in [3.8, 4) is 11.4 Å². The second kappa shape index (κ2) is 12.2. The maximum absolute atomic E-state index is 13.2. The third kappa shape index (κ3) is 8.77. The molecule has 3 aromatic rings. The standard InChI is InChI=1S/C22H21ClF6N6O5S/c23-15-6-4-12(5-7-15)19-33-35(20(38)34(19)10-17(36)22(27,28)29)11-18(37)32-16(9-31-41(30,39)40)13-2-1-3-14(8-13)21(24,25)26/h1-8,16-17,31,36H,9-11H2,(H,32,37)(H2,30,39,40)/t16?,17-/m0/s1. The SMILES string of the molecule is NS(=O)(=O)NCC(NC(=O)Cn1nc(-c2ccc(Cl)cc2)n(C[C@H](O)C(F)(F)F)c1=O)c1cccc(C(F)(F)F)c1. The van der Waals surface area contributed by atoms with Gasteiger partial charge in [0, 0.05) is 17.1 Å². The number of nitrogens with zero attached hydrogens (tertiary/aromatic N) is 3. The zero-order chi connectivity index (χ0) is 30.8. The van der Waals surface area contributed by atoms with E-state index in [1.807, 2.05) is 4.72 Å². The maximum atomic E-state index is 13.2. The number of hydrogen-bond acceptors (Lipinski definition) is 6. The van der Waals surface area contributed by atoms with Gasteiger partial charge in [-0.1, -0.05) is 23.7 Å². The highest BCUT2D eigenvalue weighted by molar-refractivity contribution is 7.87. The fraction of sp³-hybridized carbons (Fsp3) is 0.318. The van der Waals surface area contributed by atoms with Crippen LogP contribution in [0.25, 0.3) is 11.4 Å². The van der Waals surface area contributed by atoms with Crippen molar-refractivity contribution in [3.63, 3.8) is 0 Å². The van der Waals surface area contributed by atoms with Crippen LogP contribution in [0, 0.1) is 0 Å². The fourth-order valence-electron chi connectivity index (χ4n) is 3.56. The molecule has 1 aromatic heterocycles. The molecule has 0 aliphatic rings. The predicted molar refractivity (Wildman–Crippen MR) is 132 cm³/mol. The van der Waals surface area contributed by atoms with Crippen LogP contribution >= 0.6 is 11.6 Å². The first-order valence-corrected chi connectivity index (χ1v) is 13.2. The van der Waals surface area contributed by atoms with Crippen molar-refractivity contribution < 1.29 is 44.7 Å². The number of nitrogens with two attached hydrogens (primary N) is 1. The average molecular weight is 631 g/mol. The Balaban J connectivity index is 1.95. The number of alkyl halides is 6. The quantitative estimate of drug-likeness (QED) is 0.251. The van der Waals surface area contributed by atoms with Gasteiger partial charge in [-0.2, -0.15) is 34.8 Å². The molecule has 0 fully saturated rings. The summed E-state index contributed by atoms with van der Waals surface area (Å²) >= 11 is 5.83. The minimum Gasteiger partial charge on any atom is -0.382 e. The Hall–Kier alpha value is -3.45. The van der Waals surface area contributed by atoms with Crippen molar-refractivity contribution in [1.82, 2.24) is 24.4 Å². The molecular weight excluding hydrogens is 610 g/mol. The summed E-state index contributed by atoms with van der Waals surface area (Å²) in [4.78, 5) is 25.8. The highest BCUT2D eigenvalue weighted by Gasteiger charge is 2.39. The van der Waals surface area contributed by atoms with Gasteiger partial charge in [0.2, 0.25) is 5.91 Å². The average Bonchev–Trinajstić information content (AvgIpc) is 3.15. The van der Waals surface area contributed by atoms with Gasteiger partial charge in [0.25, 0.3) is 10.2 Å². The first-order chi connectivity index (χ1) is 18.8. The Bertz CT molecular complexity index is 1560. The topological polar surface area (TPSA) is 161 Å². The van der Waals surface area contributed by atoms with Crippen LogP contribution in [0.3, 0.4) is 0 Å². The van der Waals surface area contributed by atoms with Gasteiger partial charge in [-0.05, 0) is 42.0 Å². The summed E-state index contributed by atoms with van der Waals surface area (Å²) in [6.45, 7) is -2.91. The lowest BCUT2D eigenvalue weighted by atomic mass is 10.0. The van der Waals surface area contributed by atoms with Gasteiger partial charge in [-0.25, -0.2) is 19.3 Å². The number of aliphatic hydroxyl groups excluding tert-OH is 1. The smallest absolute Gasteiger partial charge is 0.382 e. The van der Waals surface area contributed by atoms with Gasteiger partial charge >= 0.3 is 18.0 Å². The van der Waals surface area contributed by atoms with Crippen LogP contribution in [0.5, 0.6) is 0 Å². The Labute approximate surface area is 232 Å². The number of carbonyl (C=O) groups excluding carboxylic acids is 1. The van der Waals surface area contributed by atoms with Gasteiger partial charge in [0.05, 0.1) is 18.2 Å². The van der Waals surface area contributed by atoms with Crippen LogP contribution in [0.4, 0.5) is 26.3 Å². The van der Waals surface area contributed by atoms with Gasteiger partial charge in [0.15, 0.2) is 11.9 Å². The van der Waals surface area contributed by atoms with Gasteiger partial charge in [-0.3, -0.25) is 9.36 Å². The summed E-state index contributed by atoms with van der Waals surface area (Å²) in [7, 11) is -4.35. The Morgan fingerprint density at radius 1 is 1.10 bits per heavy atom. The molecule has 0 bridgehead atoms. The van der Waals surface area contributed by atoms with Crippen molar-refractivity contribution in [2.24, 2.45) is 5.14 Å². The lowest BCUT2D eigenvalue weighted by Gasteiger charge is -2.20. The molecule has 5 N–H and O–H groups in total. The third-order valence-corrected chi connectivity index (χ3v) is 6.31. The summed E-state index contributed by atoms with van der Waals surface area (Å²) in [6, 6.07) is 7.53. The Morgan fingerprint density at radius 2 is 1.73 bits per heavy atom. The monoisotopic (exact) mass is 630 g/mol. The van der Waals surface area contributed by atoms with Crippen LogP contribution < -0.4 is 20.9 Å². The molecule has 0 saturated carbocycles. The van der Waals surface area contributed by atoms with E-state index in [1.165, 1.54) is 30.3 Å². The van der Waals surface area contributed by atoms with Crippen molar-refractivity contribution >= 4 is 27.7 Å². The van der Waals surface area contributed by atoms with Crippen molar-refractivity contribution in [2.45, 2.75) is 37.6 Å². The number of carbonyl (C=O) groups is 1. The second-order valence-electron chi connectivity index (χ2n) is 8.58. The van der Waals surface area contributed by atoms with E-state index in [-0.39, 0.29) is 22.0 Å². The molecule has 1 unspecified atom stereocenters. The van der Waals surface area contributed by atoms with E-state index in [0.29, 0.717) is 15.3 Å². The second-order valence-corrected chi connectivity index (χ2v) is 10.4. The number of nitrogens with one attached hydrogen (secondary N) is 2. The van der Waals surface area contributed by atoms with Crippen LogP contribution in [-0.2, 0) is 34.3 Å². The summed E-state index contributed by atoms with van der Waals surface area (Å²) in [5, 5.41) is 20.9. The number of aromatic nitrogens is 3. The van der Waals surface area contributed by atoms with Crippen LogP contribution in [-0.4, -0.2) is 52.6 Å². The van der Waals surface area contributed by atoms with Gasteiger partial charge < -0.3 is 10.4 Å². The van der Waals surface area contributed by atoms with Gasteiger partial charge in [0.1, 0.15) is 6.54 Å². The number of rotatable bonds is 10. The first-order valence-electron chi connectivity index (χ1n) is 11.3. The largest absolute Gasteiger partial charge is 0.416 e. The third-order valence-electron chi connectivity index (χ3n) is 5.49. The van der Waals surface area contributed by atoms with E-state index in [9.17, 15) is 49.5 Å². The molecule has 2 aromatic carbocycles. The van der Waals surface area contributed by atoms with Crippen LogP contribution in [0.1, 0.15) is 17.2 Å². The number of benzene rings is 2. The molecule has 0 spiro atoms. The molecule has 2 atom stereocenters. The molecule has 0 aliphatic heterocycles. The summed E-state index contributed by atoms with van der Waals surface area (Å²) < 4.78 is 104. The molecule has 19 heteroatoms. The van der Waals surface area contributed by atoms with Crippen molar-refractivity contribution in [1.29, 1.82) is 0 Å². The number of hydrogen-bond donors (Lipinski definition) is 4. The Kier molecular flexibility index (Phi) is 9.54. The fourth-order valence-corrected chi connectivity index (χ4v) is 4.08. The molecule has 0 saturated heterocycles. The highest BCUT2D eigenvalue weighted by Crippen LogP contribution is 2.31. The number of halogens is 7. The minimum absolute atomic E-state index is 0.110. The lowest BCUT2D eigenvalue weighted by Crippen LogP contribution is -2.42. The minimum atomic E-state index is -5.09. The van der Waals surface area contributed by atoms with E-state index < -0.39 is 71.5 Å². The molecule has 3 rings (SSSR count). The molecule has 224 valence electrons. The van der Waals surface area contributed by atoms with Crippen LogP contribution in [0.15, 0.2) is 53.3 Å². The molecule has 11 nitrogen and oxygen atoms in total. The van der Waals surface area contributed by atoms with Gasteiger partial charge in [-0.15, -0.1) is 5.10 Å². The zero-order valence-corrected chi connectivity index (χ0v) is 22.0. The highest BCUT2D eigenvalue weighted by atomic mass is 35.5. The van der Waals surface area contributed by atoms with E-state index in [4.69, 9.17) is 16.7 Å². The number of amides is 1. The van der Waals surface area contributed by atoms with Crippen molar-refractivity contribution in [3.05, 3.63) is 75.2 Å². The van der Waals surface area contributed by atoms with E-state index in [1.54, 1.807) is 0 Å². The van der Waals surface area contributed by atoms with Crippen molar-refractivity contribution in [2.75, 3.05) is 6.54 Å². The molecule has 0 radical (unpaired) electrons. The summed E-state index contributed by atoms with van der Waals surface area (Å²) in [6.07, 6.45) is -12.8. The maximum Gasteiger partial charge on any atom is 0.416 e. The van der Waals surface area contributed by atoms with E-state index in [2.05, 4.69) is 10.4 Å². The van der Waals surface area contributed by atoms with E-state index >= 15 is 0 Å². The van der Waals surface area contributed by atoms with Crippen LogP contribution in [0.2, 0.25) is 5.02 Å². The lowest BCUT2D eigenvalue weighted by molar-refractivity contribution is -0.207. The molecule has 41 heavy (non-hydrogen) atoms. The van der Waals surface area contributed by atoms with E-state index in [0.717, 1.165) is 12.1 Å². The predicted octanol–water partition coefficient (Wildman–Crippen LogP) is 1.96. The normalized spacial score (nSPS) is 14.1. The zero-order valence-electron chi connectivity index (χ0n) is 20.4. The molecule has 1 amide bonds. The molecule has 0 aliphatic carbocycles. The summed E-state index contributed by atoms with van der Waals surface area (Å²) in [5.74, 6) is -1.43. The molecular formula is C22H21ClF6N6O5S. The number of aliphatic hydroxyl groups is 1. The summed E-state index contributed by atoms with van der Waals surface area (Å²) in [5.41, 5.74) is -2.40. The molecule has 1 heterocycles. The Morgan fingerprint density at radius 3 is 2.29 bits per heavy atom. The first kappa shape index (κ1) is 32.1.